The number of methoxy groups -OCH3 is 1. The highest BCUT2D eigenvalue weighted by Gasteiger charge is 2.16. The first-order valence-corrected chi connectivity index (χ1v) is 11.9. The maximum atomic E-state index is 12.7. The van der Waals surface area contributed by atoms with Gasteiger partial charge in [0.2, 0.25) is 0 Å². The van der Waals surface area contributed by atoms with Crippen molar-refractivity contribution < 1.29 is 19.1 Å². The molecule has 0 aliphatic heterocycles. The molecule has 184 valence electrons. The molecule has 0 saturated heterocycles. The molecule has 0 atom stereocenters. The number of carbonyl (C=O) groups excluding carboxylic acids is 2. The van der Waals surface area contributed by atoms with Crippen molar-refractivity contribution in [1.82, 2.24) is 0 Å². The summed E-state index contributed by atoms with van der Waals surface area (Å²) < 4.78 is 11.6. The molecule has 0 spiro atoms. The number of hydrogen-bond donors (Lipinski definition) is 2. The topological polar surface area (TPSA) is 100 Å². The van der Waals surface area contributed by atoms with Crippen molar-refractivity contribution in [1.29, 1.82) is 5.26 Å². The van der Waals surface area contributed by atoms with Gasteiger partial charge < -0.3 is 20.1 Å². The van der Waals surface area contributed by atoms with E-state index in [4.69, 9.17) is 21.1 Å². The van der Waals surface area contributed by atoms with Gasteiger partial charge in [-0.2, -0.15) is 5.26 Å². The average Bonchev–Trinajstić information content (AvgIpc) is 2.85. The molecule has 2 amide bonds. The minimum atomic E-state index is -0.532. The first kappa shape index (κ1) is 26.8. The van der Waals surface area contributed by atoms with E-state index in [-0.39, 0.29) is 18.1 Å². The Morgan fingerprint density at radius 2 is 1.83 bits per heavy atom. The molecule has 2 N–H and O–H groups in total. The summed E-state index contributed by atoms with van der Waals surface area (Å²) in [6.45, 7) is 3.45. The number of para-hydroxylation sites is 1. The van der Waals surface area contributed by atoms with Crippen LogP contribution in [0.25, 0.3) is 6.08 Å². The summed E-state index contributed by atoms with van der Waals surface area (Å²) in [6, 6.07) is 17.7. The predicted molar refractivity (Wildman–Crippen MR) is 144 cm³/mol. The summed E-state index contributed by atoms with van der Waals surface area (Å²) in [5.41, 5.74) is 3.40. The Labute approximate surface area is 222 Å². The second kappa shape index (κ2) is 12.2. The van der Waals surface area contributed by atoms with Gasteiger partial charge >= 0.3 is 0 Å². The molecule has 0 fully saturated rings. The quantitative estimate of drug-likeness (QED) is 0.246. The largest absolute Gasteiger partial charge is 0.493 e. The second-order valence-corrected chi connectivity index (χ2v) is 9.04. The van der Waals surface area contributed by atoms with Gasteiger partial charge in [-0.3, -0.25) is 9.59 Å². The molecule has 3 aromatic rings. The van der Waals surface area contributed by atoms with Gasteiger partial charge in [0.1, 0.15) is 11.6 Å². The van der Waals surface area contributed by atoms with Crippen LogP contribution in [0, 0.1) is 25.2 Å². The van der Waals surface area contributed by atoms with Gasteiger partial charge in [0, 0.05) is 16.4 Å². The lowest BCUT2D eigenvalue weighted by atomic mass is 10.1. The van der Waals surface area contributed by atoms with E-state index < -0.39 is 5.91 Å². The lowest BCUT2D eigenvalue weighted by Crippen LogP contribution is -2.20. The third-order valence-electron chi connectivity index (χ3n) is 5.12. The van der Waals surface area contributed by atoms with E-state index in [9.17, 15) is 14.9 Å². The van der Waals surface area contributed by atoms with Crippen molar-refractivity contribution in [2.24, 2.45) is 0 Å². The predicted octanol–water partition coefficient (Wildman–Crippen LogP) is 6.29. The molecule has 0 bridgehead atoms. The number of hydrogen-bond acceptors (Lipinski definition) is 5. The molecule has 3 rings (SSSR count). The Bertz CT molecular complexity index is 1380. The standard InChI is InChI=1S/C27H23BrClN3O4/c1-16-8-9-20(13-22(16)29)31-25(33)15-36-26-21(28)11-18(12-24(26)35-3)10-19(14-30)27(34)32-23-7-5-4-6-17(23)2/h4-13H,15H2,1-3H3,(H,31,33)(H,32,34)/b19-10-. The zero-order valence-corrected chi connectivity index (χ0v) is 22.2. The van der Waals surface area contributed by atoms with Gasteiger partial charge in [0.25, 0.3) is 11.8 Å². The number of nitriles is 1. The van der Waals surface area contributed by atoms with Crippen LogP contribution in [0.2, 0.25) is 5.02 Å². The molecule has 9 heteroatoms. The number of carbonyl (C=O) groups is 2. The molecule has 0 aliphatic carbocycles. The first-order valence-electron chi connectivity index (χ1n) is 10.8. The molecule has 36 heavy (non-hydrogen) atoms. The molecule has 0 saturated carbocycles. The van der Waals surface area contributed by atoms with E-state index in [0.29, 0.717) is 37.9 Å². The zero-order chi connectivity index (χ0) is 26.2. The Morgan fingerprint density at radius 1 is 1.08 bits per heavy atom. The molecule has 0 aromatic heterocycles. The van der Waals surface area contributed by atoms with Crippen LogP contribution in [0.15, 0.2) is 64.6 Å². The second-order valence-electron chi connectivity index (χ2n) is 7.77. The van der Waals surface area contributed by atoms with E-state index >= 15 is 0 Å². The molecule has 0 radical (unpaired) electrons. The van der Waals surface area contributed by atoms with Crippen molar-refractivity contribution in [3.8, 4) is 17.6 Å². The average molecular weight is 569 g/mol. The first-order chi connectivity index (χ1) is 17.2. The normalized spacial score (nSPS) is 10.8. The van der Waals surface area contributed by atoms with E-state index in [2.05, 4.69) is 26.6 Å². The number of nitrogens with one attached hydrogen (secondary N) is 2. The van der Waals surface area contributed by atoms with Crippen molar-refractivity contribution in [3.63, 3.8) is 0 Å². The summed E-state index contributed by atoms with van der Waals surface area (Å²) in [6.07, 6.45) is 1.44. The number of ether oxygens (including phenoxy) is 2. The summed E-state index contributed by atoms with van der Waals surface area (Å²) in [7, 11) is 1.45. The minimum absolute atomic E-state index is 0.0861. The highest BCUT2D eigenvalue weighted by molar-refractivity contribution is 9.10. The fourth-order valence-corrected chi connectivity index (χ4v) is 3.94. The highest BCUT2D eigenvalue weighted by Crippen LogP contribution is 2.37. The van der Waals surface area contributed by atoms with Crippen LogP contribution < -0.4 is 20.1 Å². The minimum Gasteiger partial charge on any atom is -0.493 e. The summed E-state index contributed by atoms with van der Waals surface area (Å²) in [5.74, 6) is -0.296. The van der Waals surface area contributed by atoms with E-state index in [1.54, 1.807) is 42.5 Å². The Kier molecular flexibility index (Phi) is 9.12. The van der Waals surface area contributed by atoms with Gasteiger partial charge in [0.15, 0.2) is 18.1 Å². The van der Waals surface area contributed by atoms with E-state index in [1.165, 1.54) is 13.2 Å². The number of nitrogens with zero attached hydrogens (tertiary/aromatic N) is 1. The number of anilines is 2. The van der Waals surface area contributed by atoms with Crippen LogP contribution in [0.4, 0.5) is 11.4 Å². The van der Waals surface area contributed by atoms with Gasteiger partial charge in [0.05, 0.1) is 11.6 Å². The van der Waals surface area contributed by atoms with Crippen molar-refractivity contribution in [2.45, 2.75) is 13.8 Å². The summed E-state index contributed by atoms with van der Waals surface area (Å²) in [5, 5.41) is 15.6. The number of halogens is 2. The lowest BCUT2D eigenvalue weighted by molar-refractivity contribution is -0.118. The smallest absolute Gasteiger partial charge is 0.266 e. The molecule has 3 aromatic carbocycles. The van der Waals surface area contributed by atoms with Crippen LogP contribution in [0.5, 0.6) is 11.5 Å². The lowest BCUT2D eigenvalue weighted by Gasteiger charge is -2.14. The van der Waals surface area contributed by atoms with Crippen LogP contribution in [0.3, 0.4) is 0 Å². The Balaban J connectivity index is 1.74. The fourth-order valence-electron chi connectivity index (χ4n) is 3.19. The van der Waals surface area contributed by atoms with Crippen molar-refractivity contribution >= 4 is 56.8 Å². The Morgan fingerprint density at radius 3 is 2.50 bits per heavy atom. The third-order valence-corrected chi connectivity index (χ3v) is 6.12. The van der Waals surface area contributed by atoms with E-state index in [1.807, 2.05) is 32.0 Å². The summed E-state index contributed by atoms with van der Waals surface area (Å²) >= 11 is 9.52. The van der Waals surface area contributed by atoms with Gasteiger partial charge in [-0.05, 0) is 82.9 Å². The monoisotopic (exact) mass is 567 g/mol. The van der Waals surface area contributed by atoms with Gasteiger partial charge in [-0.1, -0.05) is 35.9 Å². The molecule has 0 unspecified atom stereocenters. The number of rotatable bonds is 8. The van der Waals surface area contributed by atoms with Crippen LogP contribution in [0.1, 0.15) is 16.7 Å². The molecule has 0 heterocycles. The molecular weight excluding hydrogens is 546 g/mol. The summed E-state index contributed by atoms with van der Waals surface area (Å²) in [4.78, 5) is 25.0. The maximum Gasteiger partial charge on any atom is 0.266 e. The van der Waals surface area contributed by atoms with Crippen molar-refractivity contribution in [3.05, 3.63) is 86.4 Å². The number of benzene rings is 3. The van der Waals surface area contributed by atoms with Crippen LogP contribution in [-0.4, -0.2) is 25.5 Å². The van der Waals surface area contributed by atoms with Gasteiger partial charge in [-0.15, -0.1) is 0 Å². The van der Waals surface area contributed by atoms with Crippen LogP contribution in [-0.2, 0) is 9.59 Å². The van der Waals surface area contributed by atoms with Crippen LogP contribution >= 0.6 is 27.5 Å². The number of amides is 2. The SMILES string of the molecule is COc1cc(/C=C(/C#N)C(=O)Nc2ccccc2C)cc(Br)c1OCC(=O)Nc1ccc(C)c(Cl)c1. The van der Waals surface area contributed by atoms with E-state index in [0.717, 1.165) is 11.1 Å². The molecule has 0 aliphatic rings. The number of aryl methyl sites for hydroxylation is 2. The zero-order valence-electron chi connectivity index (χ0n) is 19.8. The van der Waals surface area contributed by atoms with Gasteiger partial charge in [-0.25, -0.2) is 0 Å². The molecular formula is C27H23BrClN3O4. The Hall–Kier alpha value is -3.80. The highest BCUT2D eigenvalue weighted by atomic mass is 79.9. The third kappa shape index (κ3) is 6.87. The maximum absolute atomic E-state index is 12.7. The molecule has 7 nitrogen and oxygen atoms in total. The fraction of sp³-hybridized carbons (Fsp3) is 0.148. The van der Waals surface area contributed by atoms with Crippen molar-refractivity contribution in [2.75, 3.05) is 24.4 Å².